The van der Waals surface area contributed by atoms with Crippen molar-refractivity contribution in [2.45, 2.75) is 149 Å². The molecule has 0 aliphatic heterocycles. The van der Waals surface area contributed by atoms with E-state index in [-0.39, 0.29) is 37.2 Å². The highest BCUT2D eigenvalue weighted by Crippen LogP contribution is 2.51. The lowest BCUT2D eigenvalue weighted by molar-refractivity contribution is -0.139. The average molecular weight is 703 g/mol. The summed E-state index contributed by atoms with van der Waals surface area (Å²) in [4.78, 5) is 24.2. The number of hydrogen-bond acceptors (Lipinski definition) is 7. The Labute approximate surface area is 305 Å². The summed E-state index contributed by atoms with van der Waals surface area (Å²) in [6, 6.07) is 0. The largest absolute Gasteiger partial charge is 0.462 e. The van der Waals surface area contributed by atoms with Crippen LogP contribution in [0, 0.1) is 53.3 Å². The first-order valence-corrected chi connectivity index (χ1v) is 20.6. The van der Waals surface area contributed by atoms with Crippen LogP contribution in [-0.4, -0.2) is 61.3 Å². The molecule has 0 heterocycles. The summed E-state index contributed by atoms with van der Waals surface area (Å²) in [5.41, 5.74) is 0.839. The van der Waals surface area contributed by atoms with Crippen molar-refractivity contribution in [2.24, 2.45) is 53.3 Å². The number of carbonyl (C=O) groups is 2. The molecule has 7 nitrogen and oxygen atoms in total. The highest BCUT2D eigenvalue weighted by atomic mass is 16.5. The molecular weight excluding hydrogens is 628 g/mol. The van der Waals surface area contributed by atoms with E-state index in [1.165, 1.54) is 70.6 Å². The van der Waals surface area contributed by atoms with Gasteiger partial charge in [0.15, 0.2) is 0 Å². The van der Waals surface area contributed by atoms with E-state index >= 15 is 0 Å². The molecule has 0 aromatic heterocycles. The van der Waals surface area contributed by atoms with Gasteiger partial charge < -0.3 is 24.4 Å². The third-order valence-electron chi connectivity index (χ3n) is 12.8. The molecule has 5 atom stereocenters. The Hall–Kier alpha value is -1.70. The molecule has 2 N–H and O–H groups in total. The first-order valence-electron chi connectivity index (χ1n) is 20.6. The number of hydrogen-bond donors (Lipinski definition) is 2. The molecule has 3 saturated carbocycles. The lowest BCUT2D eigenvalue weighted by Crippen LogP contribution is -2.44. The van der Waals surface area contributed by atoms with Crippen molar-refractivity contribution in [1.29, 1.82) is 0 Å². The van der Waals surface area contributed by atoms with Crippen molar-refractivity contribution in [3.8, 4) is 0 Å². The van der Waals surface area contributed by atoms with E-state index in [0.717, 1.165) is 56.3 Å². The van der Waals surface area contributed by atoms with Crippen molar-refractivity contribution in [3.05, 3.63) is 24.3 Å². The van der Waals surface area contributed by atoms with Crippen molar-refractivity contribution >= 4 is 11.9 Å². The smallest absolute Gasteiger partial charge is 0.333 e. The number of aliphatic hydroxyl groups is 2. The number of esters is 2. The van der Waals surface area contributed by atoms with E-state index < -0.39 is 0 Å². The number of unbranched alkanes of at least 4 members (excludes halogenated alkanes) is 2. The lowest BCUT2D eigenvalue weighted by atomic mass is 9.59. The maximum absolute atomic E-state index is 12.1. The summed E-state index contributed by atoms with van der Waals surface area (Å²) in [5, 5.41) is 19.3. The van der Waals surface area contributed by atoms with Gasteiger partial charge in [0.25, 0.3) is 0 Å². The van der Waals surface area contributed by atoms with Gasteiger partial charge in [-0.1, -0.05) is 65.5 Å². The first kappa shape index (κ1) is 42.7. The number of aliphatic hydroxyl groups excluding tert-OH is 2. The molecule has 0 spiro atoms. The Kier molecular flexibility index (Phi) is 19.7. The highest BCUT2D eigenvalue weighted by molar-refractivity contribution is 5.87. The second-order valence-electron chi connectivity index (χ2n) is 16.7. The molecule has 0 saturated heterocycles. The standard InChI is InChI=1S/C43H74O7/c1-7-8-9-12-33-15-17-35(18-16-33)36-19-20-40(32(6)25-36)39-26-37(13-10-22-49-42(46)30(2)3)41(48-24-21-34(28-44)29-45)38(27-39)14-11-23-50-43(47)31(4)5/h32-41,44-45H,2,4,7-29H2,1,3,5-6H3. The van der Waals surface area contributed by atoms with Crippen LogP contribution in [0.2, 0.25) is 0 Å². The van der Waals surface area contributed by atoms with Crippen molar-refractivity contribution < 1.29 is 34.0 Å². The fourth-order valence-electron chi connectivity index (χ4n) is 9.81. The van der Waals surface area contributed by atoms with E-state index in [1.807, 2.05) is 0 Å². The van der Waals surface area contributed by atoms with Crippen LogP contribution < -0.4 is 0 Å². The molecule has 3 fully saturated rings. The van der Waals surface area contributed by atoms with Gasteiger partial charge >= 0.3 is 11.9 Å². The van der Waals surface area contributed by atoms with Crippen LogP contribution in [-0.2, 0) is 23.8 Å². The first-order chi connectivity index (χ1) is 24.1. The molecule has 288 valence electrons. The van der Waals surface area contributed by atoms with Crippen LogP contribution >= 0.6 is 0 Å². The summed E-state index contributed by atoms with van der Waals surface area (Å²) in [5.74, 6) is 4.59. The topological polar surface area (TPSA) is 102 Å². The van der Waals surface area contributed by atoms with Crippen LogP contribution in [0.3, 0.4) is 0 Å². The van der Waals surface area contributed by atoms with E-state index in [2.05, 4.69) is 27.0 Å². The van der Waals surface area contributed by atoms with Gasteiger partial charge in [0.1, 0.15) is 0 Å². The minimum atomic E-state index is -0.337. The quantitative estimate of drug-likeness (QED) is 0.0659. The fraction of sp³-hybridized carbons (Fsp3) is 0.860. The average Bonchev–Trinajstić information content (AvgIpc) is 3.11. The third kappa shape index (κ3) is 14.0. The molecule has 50 heavy (non-hydrogen) atoms. The van der Waals surface area contributed by atoms with Crippen LogP contribution in [0.5, 0.6) is 0 Å². The summed E-state index contributed by atoms with van der Waals surface area (Å²) in [6.07, 6.45) is 21.6. The van der Waals surface area contributed by atoms with Gasteiger partial charge in [-0.15, -0.1) is 0 Å². The monoisotopic (exact) mass is 703 g/mol. The Morgan fingerprint density at radius 3 is 1.76 bits per heavy atom. The minimum Gasteiger partial charge on any atom is -0.462 e. The molecule has 5 unspecified atom stereocenters. The van der Waals surface area contributed by atoms with Crippen molar-refractivity contribution in [2.75, 3.05) is 33.0 Å². The molecule has 3 rings (SSSR count). The van der Waals surface area contributed by atoms with Gasteiger partial charge in [0.05, 0.1) is 19.3 Å². The number of ether oxygens (including phenoxy) is 3. The SMILES string of the molecule is C=C(C)C(=O)OCCCC1CC(C2CCC(C3CCC(CCCCC)CC3)CC2C)CC(CCCOC(=O)C(=C)C)C1OCCC(CO)CO. The Bertz CT molecular complexity index is 969. The van der Waals surface area contributed by atoms with Gasteiger partial charge in [-0.05, 0) is 138 Å². The lowest BCUT2D eigenvalue weighted by Gasteiger charge is -2.49. The van der Waals surface area contributed by atoms with Crippen LogP contribution in [0.1, 0.15) is 143 Å². The van der Waals surface area contributed by atoms with E-state index in [4.69, 9.17) is 14.2 Å². The van der Waals surface area contributed by atoms with E-state index in [1.54, 1.807) is 13.8 Å². The van der Waals surface area contributed by atoms with Gasteiger partial charge in [-0.2, -0.15) is 0 Å². The Balaban J connectivity index is 1.68. The molecule has 7 heteroatoms. The zero-order valence-corrected chi connectivity index (χ0v) is 32.4. The molecule has 0 amide bonds. The van der Waals surface area contributed by atoms with E-state index in [9.17, 15) is 19.8 Å². The predicted octanol–water partition coefficient (Wildman–Crippen LogP) is 9.24. The normalized spacial score (nSPS) is 30.2. The van der Waals surface area contributed by atoms with Gasteiger partial charge in [0.2, 0.25) is 0 Å². The van der Waals surface area contributed by atoms with Gasteiger partial charge in [-0.25, -0.2) is 9.59 Å². The Morgan fingerprint density at radius 2 is 1.26 bits per heavy atom. The minimum absolute atomic E-state index is 0.0390. The number of carbonyl (C=O) groups excluding carboxylic acids is 2. The zero-order valence-electron chi connectivity index (χ0n) is 32.4. The zero-order chi connectivity index (χ0) is 36.5. The second kappa shape index (κ2) is 23.1. The van der Waals surface area contributed by atoms with Gasteiger partial charge in [-0.3, -0.25) is 0 Å². The van der Waals surface area contributed by atoms with Crippen molar-refractivity contribution in [1.82, 2.24) is 0 Å². The number of rotatable bonds is 22. The van der Waals surface area contributed by atoms with E-state index in [0.29, 0.717) is 67.0 Å². The Morgan fingerprint density at radius 1 is 0.700 bits per heavy atom. The molecule has 3 aliphatic carbocycles. The molecule has 0 bridgehead atoms. The van der Waals surface area contributed by atoms with Crippen LogP contribution in [0.4, 0.5) is 0 Å². The molecular formula is C43H74O7. The van der Waals surface area contributed by atoms with Crippen LogP contribution in [0.15, 0.2) is 24.3 Å². The summed E-state index contributed by atoms with van der Waals surface area (Å²) < 4.78 is 17.7. The van der Waals surface area contributed by atoms with Gasteiger partial charge in [0, 0.05) is 36.9 Å². The summed E-state index contributed by atoms with van der Waals surface area (Å²) in [6.45, 7) is 16.8. The predicted molar refractivity (Wildman–Crippen MR) is 201 cm³/mol. The fourth-order valence-corrected chi connectivity index (χ4v) is 9.81. The maximum atomic E-state index is 12.1. The summed E-state index contributed by atoms with van der Waals surface area (Å²) >= 11 is 0. The van der Waals surface area contributed by atoms with Crippen LogP contribution in [0.25, 0.3) is 0 Å². The maximum Gasteiger partial charge on any atom is 0.333 e. The summed E-state index contributed by atoms with van der Waals surface area (Å²) in [7, 11) is 0. The molecule has 0 aromatic carbocycles. The highest BCUT2D eigenvalue weighted by Gasteiger charge is 2.44. The third-order valence-corrected chi connectivity index (χ3v) is 12.8. The molecule has 0 aromatic rings. The van der Waals surface area contributed by atoms with Crippen molar-refractivity contribution in [3.63, 3.8) is 0 Å². The molecule has 0 radical (unpaired) electrons. The second-order valence-corrected chi connectivity index (χ2v) is 16.7. The molecule has 3 aliphatic rings.